The van der Waals surface area contributed by atoms with Gasteiger partial charge in [0.05, 0.1) is 6.10 Å². The lowest BCUT2D eigenvalue weighted by Crippen LogP contribution is -2.49. The molecule has 1 N–H and O–H groups in total. The van der Waals surface area contributed by atoms with Crippen molar-refractivity contribution in [2.75, 3.05) is 13.2 Å². The molecule has 2 heteroatoms. The second kappa shape index (κ2) is 6.38. The fourth-order valence-electron chi connectivity index (χ4n) is 4.27. The summed E-state index contributed by atoms with van der Waals surface area (Å²) >= 11 is 0. The van der Waals surface area contributed by atoms with Gasteiger partial charge in [-0.3, -0.25) is 0 Å². The van der Waals surface area contributed by atoms with Crippen LogP contribution in [0.5, 0.6) is 0 Å². The number of likely N-dealkylation sites (N-methyl/N-ethyl adjacent to an activating group) is 1. The predicted molar refractivity (Wildman–Crippen MR) is 76.7 cm³/mol. The van der Waals surface area contributed by atoms with Crippen molar-refractivity contribution in [3.8, 4) is 0 Å². The molecule has 2 rings (SSSR count). The first-order chi connectivity index (χ1) is 8.61. The van der Waals surface area contributed by atoms with Gasteiger partial charge in [0.15, 0.2) is 0 Å². The SMILES string of the molecule is CCNC(C1CC(C)CC(C)C1)C1OCCC1C. The van der Waals surface area contributed by atoms with Gasteiger partial charge in [0.25, 0.3) is 0 Å². The Morgan fingerprint density at radius 2 is 1.78 bits per heavy atom. The molecular formula is C16H31NO. The molecule has 2 nitrogen and oxygen atoms in total. The van der Waals surface area contributed by atoms with Gasteiger partial charge in [-0.25, -0.2) is 0 Å². The monoisotopic (exact) mass is 253 g/mol. The Kier molecular flexibility index (Phi) is 5.08. The Hall–Kier alpha value is -0.0800. The predicted octanol–water partition coefficient (Wildman–Crippen LogP) is 3.46. The maximum absolute atomic E-state index is 6.04. The van der Waals surface area contributed by atoms with Crippen LogP contribution in [0, 0.1) is 23.7 Å². The fourth-order valence-corrected chi connectivity index (χ4v) is 4.27. The van der Waals surface area contributed by atoms with E-state index in [1.807, 2.05) is 0 Å². The number of hydrogen-bond acceptors (Lipinski definition) is 2. The van der Waals surface area contributed by atoms with Gasteiger partial charge in [0.2, 0.25) is 0 Å². The average Bonchev–Trinajstić information content (AvgIpc) is 2.71. The summed E-state index contributed by atoms with van der Waals surface area (Å²) in [6.07, 6.45) is 5.87. The lowest BCUT2D eigenvalue weighted by Gasteiger charge is -2.40. The molecule has 0 aromatic carbocycles. The van der Waals surface area contributed by atoms with Crippen LogP contribution in [-0.2, 0) is 4.74 Å². The van der Waals surface area contributed by atoms with Crippen molar-refractivity contribution < 1.29 is 4.74 Å². The van der Waals surface area contributed by atoms with E-state index in [0.717, 1.165) is 36.8 Å². The fraction of sp³-hybridized carbons (Fsp3) is 1.00. The maximum atomic E-state index is 6.04. The van der Waals surface area contributed by atoms with E-state index in [-0.39, 0.29) is 0 Å². The third-order valence-electron chi connectivity index (χ3n) is 4.96. The van der Waals surface area contributed by atoms with Gasteiger partial charge in [-0.2, -0.15) is 0 Å². The summed E-state index contributed by atoms with van der Waals surface area (Å²) in [6.45, 7) is 11.5. The molecule has 1 saturated carbocycles. The number of rotatable bonds is 4. The largest absolute Gasteiger partial charge is 0.376 e. The second-order valence-electron chi connectivity index (χ2n) is 6.86. The normalized spacial score (nSPS) is 43.0. The summed E-state index contributed by atoms with van der Waals surface area (Å²) in [5.74, 6) is 3.31. The van der Waals surface area contributed by atoms with Crippen LogP contribution in [0.25, 0.3) is 0 Å². The van der Waals surface area contributed by atoms with Crippen LogP contribution in [0.3, 0.4) is 0 Å². The van der Waals surface area contributed by atoms with Crippen LogP contribution in [0.4, 0.5) is 0 Å². The van der Waals surface area contributed by atoms with E-state index in [4.69, 9.17) is 4.74 Å². The molecule has 0 aromatic heterocycles. The Morgan fingerprint density at radius 1 is 1.11 bits per heavy atom. The van der Waals surface area contributed by atoms with Gasteiger partial charge in [0.1, 0.15) is 0 Å². The van der Waals surface area contributed by atoms with E-state index in [9.17, 15) is 0 Å². The topological polar surface area (TPSA) is 21.3 Å². The summed E-state index contributed by atoms with van der Waals surface area (Å²) in [6, 6.07) is 0.581. The van der Waals surface area contributed by atoms with E-state index in [0.29, 0.717) is 12.1 Å². The maximum Gasteiger partial charge on any atom is 0.0756 e. The van der Waals surface area contributed by atoms with Crippen molar-refractivity contribution in [2.24, 2.45) is 23.7 Å². The van der Waals surface area contributed by atoms with E-state index in [1.165, 1.54) is 25.7 Å². The van der Waals surface area contributed by atoms with Gasteiger partial charge in [-0.15, -0.1) is 0 Å². The molecule has 0 aromatic rings. The molecule has 5 atom stereocenters. The number of nitrogens with one attached hydrogen (secondary N) is 1. The molecule has 5 unspecified atom stereocenters. The summed E-state index contributed by atoms with van der Waals surface area (Å²) in [7, 11) is 0. The summed E-state index contributed by atoms with van der Waals surface area (Å²) in [5.41, 5.74) is 0. The molecule has 0 spiro atoms. The first-order valence-electron chi connectivity index (χ1n) is 7.96. The quantitative estimate of drug-likeness (QED) is 0.828. The van der Waals surface area contributed by atoms with Gasteiger partial charge in [-0.05, 0) is 55.9 Å². The van der Waals surface area contributed by atoms with Gasteiger partial charge in [-0.1, -0.05) is 27.7 Å². The van der Waals surface area contributed by atoms with Crippen molar-refractivity contribution in [3.05, 3.63) is 0 Å². The number of ether oxygens (including phenoxy) is 1. The highest BCUT2D eigenvalue weighted by molar-refractivity contribution is 4.92. The Morgan fingerprint density at radius 3 is 2.28 bits per heavy atom. The molecule has 18 heavy (non-hydrogen) atoms. The minimum Gasteiger partial charge on any atom is -0.376 e. The molecule has 106 valence electrons. The lowest BCUT2D eigenvalue weighted by atomic mass is 9.71. The summed E-state index contributed by atoms with van der Waals surface area (Å²) in [4.78, 5) is 0. The van der Waals surface area contributed by atoms with Crippen molar-refractivity contribution >= 4 is 0 Å². The van der Waals surface area contributed by atoms with Gasteiger partial charge < -0.3 is 10.1 Å². The molecule has 0 bridgehead atoms. The second-order valence-corrected chi connectivity index (χ2v) is 6.86. The third kappa shape index (κ3) is 3.27. The van der Waals surface area contributed by atoms with Crippen LogP contribution in [0.2, 0.25) is 0 Å². The standard InChI is InChI=1S/C16H31NO/c1-5-17-15(16-13(4)6-7-18-16)14-9-11(2)8-12(3)10-14/h11-17H,5-10H2,1-4H3. The number of hydrogen-bond donors (Lipinski definition) is 1. The highest BCUT2D eigenvalue weighted by Crippen LogP contribution is 2.38. The average molecular weight is 253 g/mol. The van der Waals surface area contributed by atoms with Crippen LogP contribution in [0.1, 0.15) is 53.4 Å². The summed E-state index contributed by atoms with van der Waals surface area (Å²) < 4.78 is 6.04. The van der Waals surface area contributed by atoms with Gasteiger partial charge >= 0.3 is 0 Å². The molecule has 1 saturated heterocycles. The van der Waals surface area contributed by atoms with E-state index in [1.54, 1.807) is 0 Å². The van der Waals surface area contributed by atoms with Crippen LogP contribution >= 0.6 is 0 Å². The molecule has 2 aliphatic rings. The molecular weight excluding hydrogens is 222 g/mol. The molecule has 0 radical (unpaired) electrons. The molecule has 0 amide bonds. The van der Waals surface area contributed by atoms with Crippen molar-refractivity contribution in [1.82, 2.24) is 5.32 Å². The first kappa shape index (κ1) is 14.3. The molecule has 1 aliphatic heterocycles. The minimum absolute atomic E-state index is 0.451. The Balaban J connectivity index is 2.03. The zero-order chi connectivity index (χ0) is 13.1. The lowest BCUT2D eigenvalue weighted by molar-refractivity contribution is 0.0235. The van der Waals surface area contributed by atoms with E-state index < -0.39 is 0 Å². The smallest absolute Gasteiger partial charge is 0.0756 e. The van der Waals surface area contributed by atoms with E-state index in [2.05, 4.69) is 33.0 Å². The van der Waals surface area contributed by atoms with Crippen molar-refractivity contribution in [2.45, 2.75) is 65.5 Å². The van der Waals surface area contributed by atoms with Gasteiger partial charge in [0, 0.05) is 12.6 Å². The molecule has 1 aliphatic carbocycles. The van der Waals surface area contributed by atoms with Crippen LogP contribution in [0.15, 0.2) is 0 Å². The Labute approximate surface area is 113 Å². The zero-order valence-corrected chi connectivity index (χ0v) is 12.6. The highest BCUT2D eigenvalue weighted by Gasteiger charge is 2.38. The molecule has 1 heterocycles. The van der Waals surface area contributed by atoms with Crippen molar-refractivity contribution in [3.63, 3.8) is 0 Å². The highest BCUT2D eigenvalue weighted by atomic mass is 16.5. The minimum atomic E-state index is 0.451. The van der Waals surface area contributed by atoms with Crippen LogP contribution in [-0.4, -0.2) is 25.3 Å². The summed E-state index contributed by atoms with van der Waals surface area (Å²) in [5, 5.41) is 3.74. The van der Waals surface area contributed by atoms with Crippen LogP contribution < -0.4 is 5.32 Å². The Bertz CT molecular complexity index is 245. The van der Waals surface area contributed by atoms with Crippen molar-refractivity contribution in [1.29, 1.82) is 0 Å². The third-order valence-corrected chi connectivity index (χ3v) is 4.96. The first-order valence-corrected chi connectivity index (χ1v) is 7.96. The zero-order valence-electron chi connectivity index (χ0n) is 12.6. The van der Waals surface area contributed by atoms with E-state index >= 15 is 0 Å². The molecule has 2 fully saturated rings.